The first-order valence-electron chi connectivity index (χ1n) is 5.62. The molecule has 1 aromatic carbocycles. The van der Waals surface area contributed by atoms with Crippen molar-refractivity contribution in [3.8, 4) is 0 Å². The van der Waals surface area contributed by atoms with Crippen LogP contribution in [-0.2, 0) is 4.84 Å². The minimum Gasteiger partial charge on any atom is -0.387 e. The van der Waals surface area contributed by atoms with E-state index in [2.05, 4.69) is 22.3 Å². The van der Waals surface area contributed by atoms with Gasteiger partial charge in [-0.2, -0.15) is 0 Å². The van der Waals surface area contributed by atoms with Crippen LogP contribution in [0.3, 0.4) is 0 Å². The minimum absolute atomic E-state index is 0.0215. The fourth-order valence-corrected chi connectivity index (χ4v) is 1.91. The van der Waals surface area contributed by atoms with Gasteiger partial charge in [-0.05, 0) is 17.7 Å². The zero-order valence-corrected chi connectivity index (χ0v) is 9.28. The molecular weight excluding hydrogens is 212 g/mol. The van der Waals surface area contributed by atoms with Gasteiger partial charge in [0.1, 0.15) is 5.71 Å². The molecule has 0 N–H and O–H groups in total. The third-order valence-electron chi connectivity index (χ3n) is 2.80. The Hall–Kier alpha value is -2.16. The lowest BCUT2D eigenvalue weighted by Crippen LogP contribution is -2.02. The molecule has 0 unspecified atom stereocenters. The minimum atomic E-state index is 0.0215. The number of hydrogen-bond donors (Lipinski definition) is 0. The maximum Gasteiger partial charge on any atom is 0.158 e. The number of pyridine rings is 1. The van der Waals surface area contributed by atoms with Gasteiger partial charge in [0.2, 0.25) is 0 Å². The molecule has 0 saturated carbocycles. The number of hydrogen-bond acceptors (Lipinski definition) is 3. The van der Waals surface area contributed by atoms with E-state index >= 15 is 0 Å². The number of aromatic nitrogens is 1. The highest BCUT2D eigenvalue weighted by molar-refractivity contribution is 5.99. The van der Waals surface area contributed by atoms with Crippen LogP contribution in [0, 0.1) is 0 Å². The summed E-state index contributed by atoms with van der Waals surface area (Å²) in [6.45, 7) is 0. The van der Waals surface area contributed by atoms with Gasteiger partial charge in [-0.15, -0.1) is 0 Å². The van der Waals surface area contributed by atoms with Crippen LogP contribution in [0.4, 0.5) is 0 Å². The quantitative estimate of drug-likeness (QED) is 0.786. The Morgan fingerprint density at radius 1 is 1.00 bits per heavy atom. The van der Waals surface area contributed by atoms with Gasteiger partial charge < -0.3 is 4.84 Å². The fourth-order valence-electron chi connectivity index (χ4n) is 1.91. The van der Waals surface area contributed by atoms with Gasteiger partial charge in [0, 0.05) is 12.6 Å². The summed E-state index contributed by atoms with van der Waals surface area (Å²) in [6, 6.07) is 15.9. The second-order valence-corrected chi connectivity index (χ2v) is 3.96. The molecule has 0 fully saturated rings. The van der Waals surface area contributed by atoms with Crippen LogP contribution in [0.5, 0.6) is 0 Å². The van der Waals surface area contributed by atoms with Gasteiger partial charge >= 0.3 is 0 Å². The van der Waals surface area contributed by atoms with Crippen LogP contribution < -0.4 is 0 Å². The first-order chi connectivity index (χ1) is 8.43. The monoisotopic (exact) mass is 224 g/mol. The van der Waals surface area contributed by atoms with Crippen molar-refractivity contribution in [3.63, 3.8) is 0 Å². The Bertz CT molecular complexity index is 522. The first-order valence-corrected chi connectivity index (χ1v) is 5.62. The van der Waals surface area contributed by atoms with Crippen LogP contribution in [0.2, 0.25) is 0 Å². The molecule has 17 heavy (non-hydrogen) atoms. The van der Waals surface area contributed by atoms with Crippen molar-refractivity contribution in [2.45, 2.75) is 12.5 Å². The lowest BCUT2D eigenvalue weighted by molar-refractivity contribution is 0.0857. The van der Waals surface area contributed by atoms with Gasteiger partial charge in [-0.25, -0.2) is 0 Å². The summed E-state index contributed by atoms with van der Waals surface area (Å²) in [5, 5.41) is 4.12. The highest BCUT2D eigenvalue weighted by Gasteiger charge is 2.23. The summed E-state index contributed by atoms with van der Waals surface area (Å²) in [5.74, 6) is 0. The summed E-state index contributed by atoms with van der Waals surface area (Å²) < 4.78 is 0. The van der Waals surface area contributed by atoms with Crippen LogP contribution in [0.15, 0.2) is 59.9 Å². The third kappa shape index (κ3) is 2.04. The zero-order chi connectivity index (χ0) is 11.5. The molecule has 0 radical (unpaired) electrons. The summed E-state index contributed by atoms with van der Waals surface area (Å²) >= 11 is 0. The average molecular weight is 224 g/mol. The lowest BCUT2D eigenvalue weighted by Gasteiger charge is -2.07. The maximum absolute atomic E-state index is 5.45. The zero-order valence-electron chi connectivity index (χ0n) is 9.28. The van der Waals surface area contributed by atoms with Crippen molar-refractivity contribution in [3.05, 3.63) is 66.0 Å². The predicted molar refractivity (Wildman–Crippen MR) is 65.7 cm³/mol. The molecule has 3 heteroatoms. The molecular formula is C14H12N2O. The van der Waals surface area contributed by atoms with E-state index in [-0.39, 0.29) is 6.10 Å². The van der Waals surface area contributed by atoms with Gasteiger partial charge in [0.25, 0.3) is 0 Å². The van der Waals surface area contributed by atoms with Crippen molar-refractivity contribution in [2.24, 2.45) is 5.16 Å². The summed E-state index contributed by atoms with van der Waals surface area (Å²) in [7, 11) is 0. The summed E-state index contributed by atoms with van der Waals surface area (Å²) in [5.41, 5.74) is 2.97. The smallest absolute Gasteiger partial charge is 0.158 e. The maximum atomic E-state index is 5.45. The van der Waals surface area contributed by atoms with Crippen molar-refractivity contribution in [2.75, 3.05) is 0 Å². The average Bonchev–Trinajstić information content (AvgIpc) is 2.90. The van der Waals surface area contributed by atoms with Gasteiger partial charge in [-0.1, -0.05) is 41.6 Å². The number of nitrogens with zero attached hydrogens (tertiary/aromatic N) is 2. The topological polar surface area (TPSA) is 34.5 Å². The highest BCUT2D eigenvalue weighted by Crippen LogP contribution is 2.28. The molecule has 0 aliphatic carbocycles. The molecule has 1 aromatic heterocycles. The number of benzene rings is 1. The van der Waals surface area contributed by atoms with Crippen LogP contribution in [-0.4, -0.2) is 10.7 Å². The highest BCUT2D eigenvalue weighted by atomic mass is 16.6. The molecule has 0 bridgehead atoms. The van der Waals surface area contributed by atoms with Crippen LogP contribution in [0.1, 0.15) is 23.8 Å². The lowest BCUT2D eigenvalue weighted by atomic mass is 10.0. The van der Waals surface area contributed by atoms with E-state index in [1.807, 2.05) is 36.4 Å². The second-order valence-electron chi connectivity index (χ2n) is 3.96. The predicted octanol–water partition coefficient (Wildman–Crippen LogP) is 2.95. The van der Waals surface area contributed by atoms with Gasteiger partial charge in [0.15, 0.2) is 6.10 Å². The van der Waals surface area contributed by atoms with Crippen LogP contribution in [0.25, 0.3) is 0 Å². The van der Waals surface area contributed by atoms with E-state index in [4.69, 9.17) is 4.84 Å². The Labute approximate surface area is 99.8 Å². The van der Waals surface area contributed by atoms with Crippen molar-refractivity contribution in [1.29, 1.82) is 0 Å². The molecule has 1 atom stereocenters. The molecule has 0 spiro atoms. The summed E-state index contributed by atoms with van der Waals surface area (Å²) in [4.78, 5) is 9.73. The Kier molecular flexibility index (Phi) is 2.58. The number of oxime groups is 1. The van der Waals surface area contributed by atoms with Crippen molar-refractivity contribution >= 4 is 5.71 Å². The van der Waals surface area contributed by atoms with Crippen molar-refractivity contribution < 1.29 is 4.84 Å². The van der Waals surface area contributed by atoms with Crippen molar-refractivity contribution in [1.82, 2.24) is 4.98 Å². The molecule has 1 aliphatic heterocycles. The van der Waals surface area contributed by atoms with E-state index < -0.39 is 0 Å². The number of rotatable bonds is 2. The van der Waals surface area contributed by atoms with E-state index in [1.165, 1.54) is 0 Å². The van der Waals surface area contributed by atoms with Gasteiger partial charge in [0.05, 0.1) is 5.69 Å². The first kappa shape index (κ1) is 10.0. The molecule has 2 heterocycles. The molecule has 84 valence electrons. The third-order valence-corrected chi connectivity index (χ3v) is 2.80. The summed E-state index contributed by atoms with van der Waals surface area (Å²) in [6.07, 6.45) is 2.57. The van der Waals surface area contributed by atoms with Gasteiger partial charge in [-0.3, -0.25) is 4.98 Å². The molecule has 0 amide bonds. The molecule has 0 saturated heterocycles. The largest absolute Gasteiger partial charge is 0.387 e. The Morgan fingerprint density at radius 2 is 1.82 bits per heavy atom. The van der Waals surface area contributed by atoms with Crippen LogP contribution >= 0.6 is 0 Å². The Balaban J connectivity index is 1.78. The SMILES string of the molecule is c1ccc([C@@H]2CC(c3ccccn3)=NO2)cc1. The fraction of sp³-hybridized carbons (Fsp3) is 0.143. The molecule has 3 nitrogen and oxygen atoms in total. The normalized spacial score (nSPS) is 18.6. The molecule has 2 aromatic rings. The van der Waals surface area contributed by atoms with E-state index in [1.54, 1.807) is 6.20 Å². The molecule has 3 rings (SSSR count). The second kappa shape index (κ2) is 4.37. The Morgan fingerprint density at radius 3 is 2.59 bits per heavy atom. The van der Waals surface area contributed by atoms with E-state index in [0.717, 1.165) is 23.4 Å². The molecule has 1 aliphatic rings. The standard InChI is InChI=1S/C14H12N2O/c1-2-6-11(7-3-1)14-10-13(16-17-14)12-8-4-5-9-15-12/h1-9,14H,10H2/t14-/m0/s1. The van der Waals surface area contributed by atoms with E-state index in [9.17, 15) is 0 Å². The van der Waals surface area contributed by atoms with E-state index in [0.29, 0.717) is 0 Å².